The normalized spacial score (nSPS) is 10.1. The van der Waals surface area contributed by atoms with Crippen LogP contribution in [0.1, 0.15) is 12.5 Å². The van der Waals surface area contributed by atoms with E-state index in [1.807, 2.05) is 6.07 Å². The van der Waals surface area contributed by atoms with Gasteiger partial charge in [-0.05, 0) is 43.3 Å². The number of nitrogens with zero attached hydrogens (tertiary/aromatic N) is 2. The van der Waals surface area contributed by atoms with Gasteiger partial charge in [-0.3, -0.25) is 14.6 Å². The predicted octanol–water partition coefficient (Wildman–Crippen LogP) is 3.39. The van der Waals surface area contributed by atoms with Gasteiger partial charge < -0.3 is 20.7 Å². The fourth-order valence-electron chi connectivity index (χ4n) is 2.80. The molecule has 11 heteroatoms. The molecule has 168 valence electrons. The van der Waals surface area contributed by atoms with E-state index in [0.717, 1.165) is 0 Å². The standard InChI is InChI=1S/C22H19ClN6O4/c1-2-33-18(30)12-25-22(32)27-16-5-3-4-13(10-16)19-17(11-24)20(31)29-21(28-19)26-15-8-6-14(23)7-9-15/h3-10H,2,12H2,1H3,(H2,25,27,32)(H2,26,28,29,31). The Morgan fingerprint density at radius 1 is 1.18 bits per heavy atom. The van der Waals surface area contributed by atoms with Gasteiger partial charge in [0.15, 0.2) is 0 Å². The lowest BCUT2D eigenvalue weighted by Gasteiger charge is -2.11. The van der Waals surface area contributed by atoms with Crippen molar-refractivity contribution >= 4 is 40.9 Å². The van der Waals surface area contributed by atoms with Gasteiger partial charge in [-0.1, -0.05) is 23.7 Å². The number of amides is 2. The first kappa shape index (κ1) is 23.3. The Morgan fingerprint density at radius 3 is 2.64 bits per heavy atom. The molecule has 0 aliphatic carbocycles. The van der Waals surface area contributed by atoms with E-state index in [-0.39, 0.29) is 30.4 Å². The third-order valence-electron chi connectivity index (χ3n) is 4.23. The first-order valence-electron chi connectivity index (χ1n) is 9.77. The second kappa shape index (κ2) is 10.8. The quantitative estimate of drug-likeness (QED) is 0.390. The zero-order valence-corrected chi connectivity index (χ0v) is 18.2. The minimum absolute atomic E-state index is 0.127. The Bertz CT molecular complexity index is 1270. The largest absolute Gasteiger partial charge is 0.465 e. The molecule has 0 aliphatic rings. The monoisotopic (exact) mass is 466 g/mol. The Balaban J connectivity index is 1.84. The van der Waals surface area contributed by atoms with Gasteiger partial charge in [0.05, 0.1) is 12.3 Å². The summed E-state index contributed by atoms with van der Waals surface area (Å²) >= 11 is 5.89. The molecular weight excluding hydrogens is 448 g/mol. The highest BCUT2D eigenvalue weighted by molar-refractivity contribution is 6.30. The van der Waals surface area contributed by atoms with Crippen LogP contribution in [0.3, 0.4) is 0 Å². The number of urea groups is 1. The lowest BCUT2D eigenvalue weighted by Crippen LogP contribution is -2.34. The maximum atomic E-state index is 12.5. The number of carbonyl (C=O) groups is 2. The maximum absolute atomic E-state index is 12.5. The number of anilines is 3. The van der Waals surface area contributed by atoms with E-state index in [9.17, 15) is 19.6 Å². The van der Waals surface area contributed by atoms with Gasteiger partial charge in [-0.2, -0.15) is 5.26 Å². The van der Waals surface area contributed by atoms with E-state index < -0.39 is 17.6 Å². The molecular formula is C22H19ClN6O4. The van der Waals surface area contributed by atoms with E-state index in [1.54, 1.807) is 55.5 Å². The number of H-pyrrole nitrogens is 1. The highest BCUT2D eigenvalue weighted by Crippen LogP contribution is 2.24. The fourth-order valence-corrected chi connectivity index (χ4v) is 2.92. The van der Waals surface area contributed by atoms with Gasteiger partial charge in [-0.15, -0.1) is 0 Å². The van der Waals surface area contributed by atoms with Crippen LogP contribution in [0.2, 0.25) is 5.02 Å². The lowest BCUT2D eigenvalue weighted by molar-refractivity contribution is -0.141. The molecule has 0 aliphatic heterocycles. The number of halogens is 1. The van der Waals surface area contributed by atoms with Crippen molar-refractivity contribution in [2.45, 2.75) is 6.92 Å². The number of aromatic nitrogens is 2. The van der Waals surface area contributed by atoms with Gasteiger partial charge >= 0.3 is 12.0 Å². The van der Waals surface area contributed by atoms with Crippen LogP contribution in [0, 0.1) is 11.3 Å². The number of esters is 1. The molecule has 2 aromatic carbocycles. The van der Waals surface area contributed by atoms with Crippen LogP contribution >= 0.6 is 11.6 Å². The molecule has 3 rings (SSSR count). The molecule has 1 aromatic heterocycles. The number of nitriles is 1. The minimum atomic E-state index is -0.621. The molecule has 1 heterocycles. The summed E-state index contributed by atoms with van der Waals surface area (Å²) in [5, 5.41) is 18.0. The van der Waals surface area contributed by atoms with Gasteiger partial charge in [0.25, 0.3) is 5.56 Å². The average Bonchev–Trinajstić information content (AvgIpc) is 2.79. The topological polar surface area (TPSA) is 149 Å². The van der Waals surface area contributed by atoms with Crippen molar-refractivity contribution in [1.82, 2.24) is 15.3 Å². The molecule has 0 atom stereocenters. The molecule has 10 nitrogen and oxygen atoms in total. The lowest BCUT2D eigenvalue weighted by atomic mass is 10.1. The Labute approximate surface area is 193 Å². The molecule has 2 amide bonds. The van der Waals surface area contributed by atoms with Crippen molar-refractivity contribution in [1.29, 1.82) is 5.26 Å². The van der Waals surface area contributed by atoms with E-state index in [1.165, 1.54) is 0 Å². The van der Waals surface area contributed by atoms with Crippen molar-refractivity contribution in [2.75, 3.05) is 23.8 Å². The molecule has 0 saturated heterocycles. The molecule has 3 aromatic rings. The summed E-state index contributed by atoms with van der Waals surface area (Å²) in [5.41, 5.74) is 0.761. The van der Waals surface area contributed by atoms with E-state index >= 15 is 0 Å². The smallest absolute Gasteiger partial charge is 0.325 e. The van der Waals surface area contributed by atoms with E-state index in [2.05, 4.69) is 25.9 Å². The summed E-state index contributed by atoms with van der Waals surface area (Å²) in [6.45, 7) is 1.59. The Hall–Kier alpha value is -4.36. The summed E-state index contributed by atoms with van der Waals surface area (Å²) in [5.74, 6) is -0.435. The van der Waals surface area contributed by atoms with Crippen LogP contribution in [-0.4, -0.2) is 35.1 Å². The van der Waals surface area contributed by atoms with Crippen molar-refractivity contribution in [3.8, 4) is 17.3 Å². The third-order valence-corrected chi connectivity index (χ3v) is 4.48. The van der Waals surface area contributed by atoms with Crippen molar-refractivity contribution in [3.05, 3.63) is 69.5 Å². The van der Waals surface area contributed by atoms with Crippen molar-refractivity contribution < 1.29 is 14.3 Å². The summed E-state index contributed by atoms with van der Waals surface area (Å²) in [6.07, 6.45) is 0. The summed E-state index contributed by atoms with van der Waals surface area (Å²) in [6, 6.07) is 14.5. The number of aromatic amines is 1. The van der Waals surface area contributed by atoms with Gasteiger partial charge in [0.2, 0.25) is 5.95 Å². The number of hydrogen-bond donors (Lipinski definition) is 4. The number of ether oxygens (including phenoxy) is 1. The minimum Gasteiger partial charge on any atom is -0.465 e. The first-order valence-corrected chi connectivity index (χ1v) is 10.1. The number of carbonyl (C=O) groups excluding carboxylic acids is 2. The molecule has 33 heavy (non-hydrogen) atoms. The highest BCUT2D eigenvalue weighted by Gasteiger charge is 2.15. The van der Waals surface area contributed by atoms with Crippen LogP contribution in [0.15, 0.2) is 53.3 Å². The molecule has 0 saturated carbocycles. The van der Waals surface area contributed by atoms with Crippen molar-refractivity contribution in [2.24, 2.45) is 0 Å². The summed E-state index contributed by atoms with van der Waals surface area (Å²) in [7, 11) is 0. The van der Waals surface area contributed by atoms with Crippen LogP contribution in [-0.2, 0) is 9.53 Å². The molecule has 0 fully saturated rings. The van der Waals surface area contributed by atoms with Gasteiger partial charge in [0, 0.05) is 22.0 Å². The Kier molecular flexibility index (Phi) is 7.62. The summed E-state index contributed by atoms with van der Waals surface area (Å²) in [4.78, 5) is 42.8. The number of benzene rings is 2. The average molecular weight is 467 g/mol. The van der Waals surface area contributed by atoms with Gasteiger partial charge in [-0.25, -0.2) is 9.78 Å². The Morgan fingerprint density at radius 2 is 1.94 bits per heavy atom. The van der Waals surface area contributed by atoms with E-state index in [0.29, 0.717) is 22.0 Å². The number of nitrogens with one attached hydrogen (secondary N) is 4. The molecule has 0 spiro atoms. The van der Waals surface area contributed by atoms with Crippen LogP contribution < -0.4 is 21.5 Å². The highest BCUT2D eigenvalue weighted by atomic mass is 35.5. The molecule has 0 unspecified atom stereocenters. The molecule has 0 bridgehead atoms. The van der Waals surface area contributed by atoms with Gasteiger partial charge in [0.1, 0.15) is 18.2 Å². The fraction of sp³-hybridized carbons (Fsp3) is 0.136. The number of rotatable bonds is 7. The SMILES string of the molecule is CCOC(=O)CNC(=O)Nc1cccc(-c2nc(Nc3ccc(Cl)cc3)[nH]c(=O)c2C#N)c1. The van der Waals surface area contributed by atoms with Crippen molar-refractivity contribution in [3.63, 3.8) is 0 Å². The summed E-state index contributed by atoms with van der Waals surface area (Å²) < 4.78 is 4.75. The second-order valence-corrected chi connectivity index (χ2v) is 7.01. The first-order chi connectivity index (χ1) is 15.9. The van der Waals surface area contributed by atoms with E-state index in [4.69, 9.17) is 16.3 Å². The zero-order chi connectivity index (χ0) is 23.8. The van der Waals surface area contributed by atoms with Crippen LogP contribution in [0.5, 0.6) is 0 Å². The third kappa shape index (κ3) is 6.32. The predicted molar refractivity (Wildman–Crippen MR) is 123 cm³/mol. The maximum Gasteiger partial charge on any atom is 0.325 e. The van der Waals surface area contributed by atoms with Crippen LogP contribution in [0.4, 0.5) is 22.1 Å². The molecule has 0 radical (unpaired) electrons. The molecule has 4 N–H and O–H groups in total. The number of hydrogen-bond acceptors (Lipinski definition) is 7. The zero-order valence-electron chi connectivity index (χ0n) is 17.4. The van der Waals surface area contributed by atoms with Crippen LogP contribution in [0.25, 0.3) is 11.3 Å². The second-order valence-electron chi connectivity index (χ2n) is 6.58.